The van der Waals surface area contributed by atoms with Crippen molar-refractivity contribution in [3.05, 3.63) is 12.2 Å². The average Bonchev–Trinajstić information content (AvgIpc) is 1.95. The zero-order valence-electron chi connectivity index (χ0n) is 7.71. The molecule has 0 rings (SSSR count). The van der Waals surface area contributed by atoms with E-state index in [0.717, 1.165) is 0 Å². The molecule has 2 atom stereocenters. The van der Waals surface area contributed by atoms with E-state index in [2.05, 4.69) is 9.56 Å². The molecule has 0 heterocycles. The molecular weight excluding hydrogens is 195 g/mol. The van der Waals surface area contributed by atoms with Gasteiger partial charge in [0.1, 0.15) is 6.61 Å². The zero-order chi connectivity index (χ0) is 10.3. The summed E-state index contributed by atoms with van der Waals surface area (Å²) in [6.07, 6.45) is 2.13. The summed E-state index contributed by atoms with van der Waals surface area (Å²) in [4.78, 5) is 13.4. The minimum absolute atomic E-state index is 0.112. The second-order valence-electron chi connectivity index (χ2n) is 2.60. The number of aliphatic hydroxyl groups excluding tert-OH is 1. The molecule has 0 bridgehead atoms. The van der Waals surface area contributed by atoms with Gasteiger partial charge in [-0.05, 0) is 13.8 Å². The van der Waals surface area contributed by atoms with Gasteiger partial charge in [-0.3, -0.25) is 4.57 Å². The van der Waals surface area contributed by atoms with Crippen LogP contribution >= 0.6 is 7.60 Å². The van der Waals surface area contributed by atoms with Gasteiger partial charge in [0, 0.05) is 0 Å². The summed E-state index contributed by atoms with van der Waals surface area (Å²) in [7, 11) is -3.79. The fraction of sp³-hybridized carbons (Fsp3) is 0.714. The van der Waals surface area contributed by atoms with Crippen molar-refractivity contribution in [3.8, 4) is 0 Å². The van der Waals surface area contributed by atoms with E-state index in [0.29, 0.717) is 0 Å². The highest BCUT2D eigenvalue weighted by atomic mass is 31.2. The molecule has 0 aromatic rings. The Balaban J connectivity index is 3.69. The van der Waals surface area contributed by atoms with Crippen molar-refractivity contribution >= 4 is 7.60 Å². The van der Waals surface area contributed by atoms with Gasteiger partial charge in [-0.15, -0.1) is 4.67 Å². The largest absolute Gasteiger partial charge is 0.393 e. The van der Waals surface area contributed by atoms with Crippen molar-refractivity contribution < 1.29 is 24.1 Å². The third-order valence-corrected chi connectivity index (χ3v) is 2.39. The Bertz CT molecular complexity index is 201. The number of aliphatic hydroxyl groups is 1. The molecule has 2 N–H and O–H groups in total. The Morgan fingerprint density at radius 2 is 2.23 bits per heavy atom. The molecule has 13 heavy (non-hydrogen) atoms. The number of allylic oxidation sites excluding steroid dienone is 1. The van der Waals surface area contributed by atoms with Crippen LogP contribution in [0.25, 0.3) is 0 Å². The molecule has 0 aliphatic heterocycles. The molecule has 0 fully saturated rings. The van der Waals surface area contributed by atoms with Gasteiger partial charge >= 0.3 is 7.60 Å². The predicted molar refractivity (Wildman–Crippen MR) is 48.2 cm³/mol. The van der Waals surface area contributed by atoms with Crippen LogP contribution in [0.4, 0.5) is 0 Å². The minimum Gasteiger partial charge on any atom is -0.393 e. The maximum Gasteiger partial charge on any atom is 0.358 e. The van der Waals surface area contributed by atoms with Gasteiger partial charge in [-0.1, -0.05) is 12.2 Å². The first-order chi connectivity index (χ1) is 5.98. The van der Waals surface area contributed by atoms with Gasteiger partial charge < -0.3 is 10.00 Å². The maximum absolute atomic E-state index is 11.0. The van der Waals surface area contributed by atoms with E-state index in [4.69, 9.17) is 10.00 Å². The first kappa shape index (κ1) is 12.8. The van der Waals surface area contributed by atoms with Crippen LogP contribution in [0.5, 0.6) is 0 Å². The van der Waals surface area contributed by atoms with Crippen LogP contribution < -0.4 is 0 Å². The molecular formula is C7H15O5P. The second kappa shape index (κ2) is 6.29. The van der Waals surface area contributed by atoms with E-state index in [-0.39, 0.29) is 12.8 Å². The van der Waals surface area contributed by atoms with Crippen LogP contribution in [-0.2, 0) is 14.1 Å². The molecule has 6 heteroatoms. The molecule has 0 aliphatic carbocycles. The number of hydrogen-bond donors (Lipinski definition) is 2. The summed E-state index contributed by atoms with van der Waals surface area (Å²) >= 11 is 0. The van der Waals surface area contributed by atoms with E-state index in [1.807, 2.05) is 0 Å². The summed E-state index contributed by atoms with van der Waals surface area (Å²) in [6, 6.07) is 0. The molecule has 0 spiro atoms. The molecule has 5 nitrogen and oxygen atoms in total. The Labute approximate surface area is 77.4 Å². The summed E-state index contributed by atoms with van der Waals surface area (Å²) in [6.45, 7) is 3.30. The summed E-state index contributed by atoms with van der Waals surface area (Å²) in [5, 5.41) is 8.81. The van der Waals surface area contributed by atoms with Crippen molar-refractivity contribution in [2.24, 2.45) is 0 Å². The van der Waals surface area contributed by atoms with E-state index >= 15 is 0 Å². The second-order valence-corrected chi connectivity index (χ2v) is 4.39. The number of rotatable bonds is 6. The zero-order valence-corrected chi connectivity index (χ0v) is 8.61. The van der Waals surface area contributed by atoms with Crippen molar-refractivity contribution in [2.75, 3.05) is 12.8 Å². The Hall–Kier alpha value is -0.190. The van der Waals surface area contributed by atoms with Crippen LogP contribution in [0.15, 0.2) is 12.2 Å². The standard InChI is InChI=1S/C7H15O5P/c1-3-4-5-11-12-13(9,10)6-7(2)8/h3-4,7-8H,5-6H2,1-2H3,(H,9,10). The lowest BCUT2D eigenvalue weighted by Crippen LogP contribution is -2.09. The lowest BCUT2D eigenvalue weighted by Gasteiger charge is -2.11. The van der Waals surface area contributed by atoms with E-state index in [1.54, 1.807) is 19.1 Å². The van der Waals surface area contributed by atoms with E-state index in [1.165, 1.54) is 6.92 Å². The van der Waals surface area contributed by atoms with E-state index < -0.39 is 13.7 Å². The van der Waals surface area contributed by atoms with Crippen LogP contribution in [0.2, 0.25) is 0 Å². The first-order valence-corrected chi connectivity index (χ1v) is 5.66. The fourth-order valence-electron chi connectivity index (χ4n) is 0.613. The van der Waals surface area contributed by atoms with Crippen LogP contribution in [0, 0.1) is 0 Å². The Morgan fingerprint density at radius 1 is 1.62 bits per heavy atom. The van der Waals surface area contributed by atoms with Crippen LogP contribution in [0.1, 0.15) is 13.8 Å². The lowest BCUT2D eigenvalue weighted by atomic mass is 10.5. The van der Waals surface area contributed by atoms with Crippen molar-refractivity contribution in [2.45, 2.75) is 20.0 Å². The highest BCUT2D eigenvalue weighted by Crippen LogP contribution is 2.42. The number of hydrogen-bond acceptors (Lipinski definition) is 4. The van der Waals surface area contributed by atoms with Crippen molar-refractivity contribution in [1.29, 1.82) is 0 Å². The molecule has 0 radical (unpaired) electrons. The first-order valence-electron chi connectivity index (χ1n) is 3.90. The van der Waals surface area contributed by atoms with Gasteiger partial charge in [0.25, 0.3) is 0 Å². The molecule has 0 aromatic heterocycles. The van der Waals surface area contributed by atoms with E-state index in [9.17, 15) is 4.57 Å². The SMILES string of the molecule is CC=CCOOP(=O)(O)CC(C)O. The van der Waals surface area contributed by atoms with Crippen molar-refractivity contribution in [1.82, 2.24) is 0 Å². The molecule has 0 aliphatic rings. The van der Waals surface area contributed by atoms with Gasteiger partial charge in [0.15, 0.2) is 0 Å². The maximum atomic E-state index is 11.0. The van der Waals surface area contributed by atoms with Crippen molar-refractivity contribution in [3.63, 3.8) is 0 Å². The summed E-state index contributed by atoms with van der Waals surface area (Å²) in [5.74, 6) is 0. The smallest absolute Gasteiger partial charge is 0.358 e. The Kier molecular flexibility index (Phi) is 6.20. The molecule has 2 unspecified atom stereocenters. The van der Waals surface area contributed by atoms with Crippen LogP contribution in [-0.4, -0.2) is 28.9 Å². The van der Waals surface area contributed by atoms with Crippen LogP contribution in [0.3, 0.4) is 0 Å². The summed E-state index contributed by atoms with van der Waals surface area (Å²) in [5.41, 5.74) is 0. The highest BCUT2D eigenvalue weighted by Gasteiger charge is 2.23. The Morgan fingerprint density at radius 3 is 2.69 bits per heavy atom. The molecule has 78 valence electrons. The minimum atomic E-state index is -3.79. The average molecular weight is 210 g/mol. The van der Waals surface area contributed by atoms with Gasteiger partial charge in [0.05, 0.1) is 12.3 Å². The van der Waals surface area contributed by atoms with Gasteiger partial charge in [-0.25, -0.2) is 4.89 Å². The summed E-state index contributed by atoms with van der Waals surface area (Å²) < 4.78 is 15.3. The normalized spacial score (nSPS) is 18.8. The van der Waals surface area contributed by atoms with Gasteiger partial charge in [-0.2, -0.15) is 0 Å². The topological polar surface area (TPSA) is 76.0 Å². The molecule has 0 saturated carbocycles. The van der Waals surface area contributed by atoms with Gasteiger partial charge in [0.2, 0.25) is 0 Å². The monoisotopic (exact) mass is 210 g/mol. The third-order valence-electron chi connectivity index (χ3n) is 1.06. The third kappa shape index (κ3) is 8.15. The molecule has 0 saturated heterocycles. The quantitative estimate of drug-likeness (QED) is 0.225. The predicted octanol–water partition coefficient (Wildman–Crippen LogP) is 1.08. The lowest BCUT2D eigenvalue weighted by molar-refractivity contribution is -0.202. The fourth-order valence-corrected chi connectivity index (χ4v) is 1.57. The molecule has 0 aromatic carbocycles. The highest BCUT2D eigenvalue weighted by molar-refractivity contribution is 7.52. The molecule has 0 amide bonds.